The van der Waals surface area contributed by atoms with E-state index in [4.69, 9.17) is 10.8 Å². The van der Waals surface area contributed by atoms with Gasteiger partial charge in [-0.25, -0.2) is 0 Å². The number of carbonyl (C=O) groups excluding carboxylic acids is 1. The number of rotatable bonds is 5. The molecule has 1 heterocycles. The number of nitrogens with zero attached hydrogens (tertiary/aromatic N) is 1. The van der Waals surface area contributed by atoms with E-state index in [0.717, 1.165) is 11.3 Å². The average Bonchev–Trinajstić information content (AvgIpc) is 2.46. The van der Waals surface area contributed by atoms with Crippen LogP contribution in [0.4, 0.5) is 5.69 Å². The number of hydrogen-bond donors (Lipinski definition) is 2. The molecule has 1 aliphatic rings. The van der Waals surface area contributed by atoms with Crippen molar-refractivity contribution in [3.05, 3.63) is 29.8 Å². The predicted octanol–water partition coefficient (Wildman–Crippen LogP) is 1.62. The van der Waals surface area contributed by atoms with Crippen LogP contribution in [0.1, 0.15) is 18.4 Å². The highest BCUT2D eigenvalue weighted by Gasteiger charge is 2.28. The van der Waals surface area contributed by atoms with Gasteiger partial charge in [0.25, 0.3) is 0 Å². The maximum atomic E-state index is 12.4. The van der Waals surface area contributed by atoms with Gasteiger partial charge in [0.2, 0.25) is 5.91 Å². The summed E-state index contributed by atoms with van der Waals surface area (Å²) in [6.45, 7) is 0.631. The molecule has 1 fully saturated rings. The lowest BCUT2D eigenvalue weighted by atomic mass is 10.1. The number of amides is 1. The Morgan fingerprint density at radius 3 is 2.86 bits per heavy atom. The van der Waals surface area contributed by atoms with E-state index < -0.39 is 5.97 Å². The average molecular weight is 308 g/mol. The van der Waals surface area contributed by atoms with Crippen molar-refractivity contribution in [1.82, 2.24) is 4.90 Å². The van der Waals surface area contributed by atoms with E-state index in [1.165, 1.54) is 0 Å². The highest BCUT2D eigenvalue weighted by molar-refractivity contribution is 7.99. The first kappa shape index (κ1) is 15.7. The monoisotopic (exact) mass is 308 g/mol. The summed E-state index contributed by atoms with van der Waals surface area (Å²) in [6, 6.07) is 7.32. The first-order valence-electron chi connectivity index (χ1n) is 7.00. The second kappa shape index (κ2) is 7.36. The molecule has 1 aliphatic heterocycles. The molecule has 21 heavy (non-hydrogen) atoms. The minimum atomic E-state index is -0.854. The van der Waals surface area contributed by atoms with Crippen LogP contribution in [0.5, 0.6) is 0 Å². The summed E-state index contributed by atoms with van der Waals surface area (Å²) in [7, 11) is 0. The standard InChI is InChI=1S/C15H20N2O3S/c16-13-4-2-1-3-11(13)5-6-14(18)17-7-8-21-10-12(17)9-15(19)20/h1-4,12H,5-10,16H2,(H,19,20). The molecule has 2 rings (SSSR count). The molecule has 5 nitrogen and oxygen atoms in total. The van der Waals surface area contributed by atoms with Crippen LogP contribution in [0.2, 0.25) is 0 Å². The normalized spacial score (nSPS) is 18.5. The quantitative estimate of drug-likeness (QED) is 0.808. The van der Waals surface area contributed by atoms with Gasteiger partial charge in [0.1, 0.15) is 0 Å². The number of carboxylic acid groups (broad SMARTS) is 1. The van der Waals surface area contributed by atoms with Crippen molar-refractivity contribution in [1.29, 1.82) is 0 Å². The summed E-state index contributed by atoms with van der Waals surface area (Å²) < 4.78 is 0. The van der Waals surface area contributed by atoms with Gasteiger partial charge in [-0.15, -0.1) is 0 Å². The summed E-state index contributed by atoms with van der Waals surface area (Å²) in [5.41, 5.74) is 7.53. The van der Waals surface area contributed by atoms with Crippen LogP contribution >= 0.6 is 11.8 Å². The number of nitrogens with two attached hydrogens (primary N) is 1. The number of carbonyl (C=O) groups is 2. The number of nitrogen functional groups attached to an aromatic ring is 1. The number of anilines is 1. The number of carboxylic acids is 1. The minimum Gasteiger partial charge on any atom is -0.481 e. The maximum absolute atomic E-state index is 12.4. The molecule has 0 radical (unpaired) electrons. The Labute approximate surface area is 128 Å². The Morgan fingerprint density at radius 1 is 1.38 bits per heavy atom. The summed E-state index contributed by atoms with van der Waals surface area (Å²) in [5.74, 6) is 0.735. The lowest BCUT2D eigenvalue weighted by Gasteiger charge is -2.34. The zero-order valence-corrected chi connectivity index (χ0v) is 12.6. The van der Waals surface area contributed by atoms with Gasteiger partial charge >= 0.3 is 5.97 Å². The van der Waals surface area contributed by atoms with Crippen molar-refractivity contribution in [3.63, 3.8) is 0 Å². The van der Waals surface area contributed by atoms with Gasteiger partial charge in [-0.1, -0.05) is 18.2 Å². The Bertz CT molecular complexity index is 521. The van der Waals surface area contributed by atoms with Gasteiger partial charge in [-0.3, -0.25) is 9.59 Å². The van der Waals surface area contributed by atoms with E-state index in [1.54, 1.807) is 16.7 Å². The summed E-state index contributed by atoms with van der Waals surface area (Å²) in [4.78, 5) is 25.0. The Hall–Kier alpha value is -1.69. The van der Waals surface area contributed by atoms with E-state index in [2.05, 4.69) is 0 Å². The van der Waals surface area contributed by atoms with Gasteiger partial charge in [-0.2, -0.15) is 11.8 Å². The van der Waals surface area contributed by atoms with E-state index in [9.17, 15) is 9.59 Å². The molecule has 0 saturated carbocycles. The lowest BCUT2D eigenvalue weighted by Crippen LogP contribution is -2.47. The molecule has 1 aromatic carbocycles. The molecule has 0 spiro atoms. The van der Waals surface area contributed by atoms with Gasteiger partial charge in [0.05, 0.1) is 12.5 Å². The summed E-state index contributed by atoms with van der Waals surface area (Å²) in [5, 5.41) is 8.95. The molecule has 1 atom stereocenters. The van der Waals surface area contributed by atoms with Crippen LogP contribution in [0.15, 0.2) is 24.3 Å². The van der Waals surface area contributed by atoms with Crippen LogP contribution in [-0.4, -0.2) is 46.0 Å². The van der Waals surface area contributed by atoms with Crippen LogP contribution in [-0.2, 0) is 16.0 Å². The molecule has 1 aromatic rings. The SMILES string of the molecule is Nc1ccccc1CCC(=O)N1CCSCC1CC(=O)O. The molecular formula is C15H20N2O3S. The molecule has 0 aromatic heterocycles. The Balaban J connectivity index is 1.94. The van der Waals surface area contributed by atoms with Gasteiger partial charge < -0.3 is 15.7 Å². The van der Waals surface area contributed by atoms with Crippen molar-refractivity contribution in [2.24, 2.45) is 0 Å². The molecule has 1 amide bonds. The number of aliphatic carboxylic acids is 1. The van der Waals surface area contributed by atoms with E-state index in [-0.39, 0.29) is 18.4 Å². The van der Waals surface area contributed by atoms with Crippen molar-refractivity contribution in [3.8, 4) is 0 Å². The number of benzene rings is 1. The van der Waals surface area contributed by atoms with Gasteiger partial charge in [0.15, 0.2) is 0 Å². The number of thioether (sulfide) groups is 1. The largest absolute Gasteiger partial charge is 0.481 e. The summed E-state index contributed by atoms with van der Waals surface area (Å²) >= 11 is 1.71. The van der Waals surface area contributed by atoms with E-state index in [0.29, 0.717) is 30.8 Å². The van der Waals surface area contributed by atoms with Crippen molar-refractivity contribution < 1.29 is 14.7 Å². The number of para-hydroxylation sites is 1. The smallest absolute Gasteiger partial charge is 0.305 e. The molecule has 6 heteroatoms. The molecular weight excluding hydrogens is 288 g/mol. The highest BCUT2D eigenvalue weighted by Crippen LogP contribution is 2.21. The van der Waals surface area contributed by atoms with E-state index >= 15 is 0 Å². The molecule has 114 valence electrons. The van der Waals surface area contributed by atoms with Crippen LogP contribution in [0.3, 0.4) is 0 Å². The molecule has 1 saturated heterocycles. The van der Waals surface area contributed by atoms with Crippen molar-refractivity contribution in [2.45, 2.75) is 25.3 Å². The second-order valence-electron chi connectivity index (χ2n) is 5.11. The van der Waals surface area contributed by atoms with Crippen molar-refractivity contribution in [2.75, 3.05) is 23.8 Å². The highest BCUT2D eigenvalue weighted by atomic mass is 32.2. The first-order valence-corrected chi connectivity index (χ1v) is 8.16. The van der Waals surface area contributed by atoms with Gasteiger partial charge in [0, 0.05) is 30.2 Å². The topological polar surface area (TPSA) is 83.6 Å². The van der Waals surface area contributed by atoms with Crippen LogP contribution < -0.4 is 5.73 Å². The fourth-order valence-electron chi connectivity index (χ4n) is 2.50. The second-order valence-corrected chi connectivity index (χ2v) is 6.26. The lowest BCUT2D eigenvalue weighted by molar-refractivity contribution is -0.140. The fourth-order valence-corrected chi connectivity index (χ4v) is 3.56. The third-order valence-electron chi connectivity index (χ3n) is 3.62. The zero-order chi connectivity index (χ0) is 15.2. The zero-order valence-electron chi connectivity index (χ0n) is 11.8. The number of aryl methyl sites for hydroxylation is 1. The summed E-state index contributed by atoms with van der Waals surface area (Å²) in [6.07, 6.45) is 0.982. The number of hydrogen-bond acceptors (Lipinski definition) is 4. The van der Waals surface area contributed by atoms with Crippen LogP contribution in [0.25, 0.3) is 0 Å². The first-order chi connectivity index (χ1) is 10.1. The van der Waals surface area contributed by atoms with Crippen molar-refractivity contribution >= 4 is 29.3 Å². The molecule has 0 aliphatic carbocycles. The third-order valence-corrected chi connectivity index (χ3v) is 4.71. The maximum Gasteiger partial charge on any atom is 0.305 e. The van der Waals surface area contributed by atoms with Gasteiger partial charge in [-0.05, 0) is 18.1 Å². The molecule has 0 bridgehead atoms. The fraction of sp³-hybridized carbons (Fsp3) is 0.467. The Morgan fingerprint density at radius 2 is 2.14 bits per heavy atom. The minimum absolute atomic E-state index is 0.0183. The predicted molar refractivity (Wildman–Crippen MR) is 84.3 cm³/mol. The Kier molecular flexibility index (Phi) is 5.50. The third kappa shape index (κ3) is 4.39. The van der Waals surface area contributed by atoms with E-state index in [1.807, 2.05) is 24.3 Å². The molecule has 3 N–H and O–H groups in total. The molecule has 1 unspecified atom stereocenters. The van der Waals surface area contributed by atoms with Crippen LogP contribution in [0, 0.1) is 0 Å².